The van der Waals surface area contributed by atoms with Crippen molar-refractivity contribution in [2.45, 2.75) is 96.8 Å². The van der Waals surface area contributed by atoms with E-state index < -0.39 is 0 Å². The molecule has 3 nitrogen and oxygen atoms in total. The molecule has 0 unspecified atom stereocenters. The molecule has 0 bridgehead atoms. The predicted octanol–water partition coefficient (Wildman–Crippen LogP) is 14.2. The largest absolute Gasteiger partial charge is 0.456 e. The third-order valence-electron chi connectivity index (χ3n) is 16.9. The molecule has 0 spiro atoms. The molecule has 0 saturated heterocycles. The maximum Gasteiger partial charge on any atom is 0.333 e. The minimum Gasteiger partial charge on any atom is -0.456 e. The molecule has 4 heterocycles. The molecule has 9 aromatic rings. The normalized spacial score (nSPS) is 18.2. The highest BCUT2D eigenvalue weighted by Crippen LogP contribution is 2.59. The second-order valence-electron chi connectivity index (χ2n) is 21.9. The number of hydrogen-bond acceptors (Lipinski definition) is 2. The first kappa shape index (κ1) is 36.3. The Morgan fingerprint density at radius 1 is 0.508 bits per heavy atom. The molecule has 14 rings (SSSR count). The fourth-order valence-electron chi connectivity index (χ4n) is 13.8. The van der Waals surface area contributed by atoms with Gasteiger partial charge in [0.05, 0.1) is 0 Å². The van der Waals surface area contributed by atoms with Crippen molar-refractivity contribution in [3.63, 3.8) is 0 Å². The lowest BCUT2D eigenvalue weighted by molar-refractivity contribution is 0.332. The van der Waals surface area contributed by atoms with Gasteiger partial charge in [0.25, 0.3) is 0 Å². The molecule has 0 N–H and O–H groups in total. The first-order chi connectivity index (χ1) is 30.2. The Bertz CT molecular complexity index is 3610. The van der Waals surface area contributed by atoms with Crippen LogP contribution in [0.15, 0.2) is 126 Å². The van der Waals surface area contributed by atoms with Gasteiger partial charge in [0.1, 0.15) is 11.2 Å². The molecular weight excluding hydrogens is 763 g/mol. The minimum atomic E-state index is -0.241. The number of aryl methyl sites for hydroxylation is 1. The average molecular weight is 815 g/mol. The molecule has 2 aliphatic heterocycles. The molecule has 0 saturated carbocycles. The van der Waals surface area contributed by atoms with Crippen LogP contribution < -0.4 is 15.8 Å². The quantitative estimate of drug-likeness (QED) is 0.154. The van der Waals surface area contributed by atoms with Crippen LogP contribution in [-0.2, 0) is 21.7 Å². The van der Waals surface area contributed by atoms with E-state index >= 15 is 0 Å². The summed E-state index contributed by atoms with van der Waals surface area (Å²) in [6.07, 6.45) is 2.35. The summed E-state index contributed by atoms with van der Waals surface area (Å²) in [6.45, 7) is 22.0. The highest BCUT2D eigenvalue weighted by molar-refractivity contribution is 6.90. The van der Waals surface area contributed by atoms with Gasteiger partial charge >= 0.3 is 6.85 Å². The number of nitrogens with zero attached hydrogens (tertiary/aromatic N) is 2. The monoisotopic (exact) mass is 814 g/mol. The van der Waals surface area contributed by atoms with E-state index in [4.69, 9.17) is 4.42 Å². The number of furan rings is 1. The Morgan fingerprint density at radius 3 is 1.94 bits per heavy atom. The third kappa shape index (κ3) is 4.16. The second-order valence-corrected chi connectivity index (χ2v) is 21.9. The lowest BCUT2D eigenvalue weighted by Gasteiger charge is -2.46. The lowest BCUT2D eigenvalue weighted by atomic mass is 9.42. The number of rotatable bonds is 1. The summed E-state index contributed by atoms with van der Waals surface area (Å²) in [4.78, 5) is 2.68. The molecule has 0 radical (unpaired) electrons. The smallest absolute Gasteiger partial charge is 0.333 e. The maximum absolute atomic E-state index is 7.01. The maximum atomic E-state index is 7.01. The van der Waals surface area contributed by atoms with Gasteiger partial charge in [0.2, 0.25) is 0 Å². The van der Waals surface area contributed by atoms with Crippen LogP contribution in [0.25, 0.3) is 66.2 Å². The molecule has 4 heteroatoms. The van der Waals surface area contributed by atoms with Gasteiger partial charge in [-0.1, -0.05) is 152 Å². The summed E-state index contributed by atoms with van der Waals surface area (Å²) in [6, 6.07) is 46.7. The topological polar surface area (TPSA) is 21.3 Å². The Hall–Kier alpha value is -6.26. The molecule has 7 aromatic carbocycles. The molecular formula is C59H51BN2O. The highest BCUT2D eigenvalue weighted by Gasteiger charge is 2.53. The number of anilines is 3. The van der Waals surface area contributed by atoms with E-state index in [0.29, 0.717) is 0 Å². The van der Waals surface area contributed by atoms with Gasteiger partial charge in [-0.05, 0) is 115 Å². The van der Waals surface area contributed by atoms with Gasteiger partial charge in [-0.2, -0.15) is 0 Å². The number of para-hydroxylation sites is 2. The van der Waals surface area contributed by atoms with E-state index in [2.05, 4.69) is 193 Å². The summed E-state index contributed by atoms with van der Waals surface area (Å²) >= 11 is 0. The van der Waals surface area contributed by atoms with Crippen LogP contribution >= 0.6 is 0 Å². The highest BCUT2D eigenvalue weighted by atomic mass is 16.3. The van der Waals surface area contributed by atoms with Gasteiger partial charge in [0, 0.05) is 72.5 Å². The predicted molar refractivity (Wildman–Crippen MR) is 265 cm³/mol. The van der Waals surface area contributed by atoms with Crippen LogP contribution in [-0.4, -0.2) is 11.3 Å². The van der Waals surface area contributed by atoms with E-state index in [9.17, 15) is 0 Å². The van der Waals surface area contributed by atoms with E-state index in [1.807, 2.05) is 0 Å². The van der Waals surface area contributed by atoms with Crippen molar-refractivity contribution in [3.05, 3.63) is 160 Å². The standard InChI is InChI=1S/C59H51BN2O/c1-32-29-41-42(57(4,5)28-27-56(41,2)3)30-44(32)61-43-26-25-34-33-17-10-13-22-39(33)58(6,7)51(34)53(43)60-52-45(61)31-47-49(36-19-12-15-24-46(36)63-47)50(52)38-21-16-20-37-48-35-18-11-14-23-40(35)59(8,9)55(48)62(60)54(37)38/h10-26,29-31H,27-28H2,1-9H3. The summed E-state index contributed by atoms with van der Waals surface area (Å²) in [7, 11) is 0. The van der Waals surface area contributed by atoms with E-state index in [1.165, 1.54) is 129 Å². The van der Waals surface area contributed by atoms with Crippen molar-refractivity contribution < 1.29 is 4.42 Å². The van der Waals surface area contributed by atoms with Gasteiger partial charge in [0.15, 0.2) is 0 Å². The Morgan fingerprint density at radius 2 is 1.16 bits per heavy atom. The van der Waals surface area contributed by atoms with Crippen molar-refractivity contribution in [2.75, 3.05) is 4.90 Å². The zero-order valence-electron chi connectivity index (χ0n) is 37.8. The molecule has 306 valence electrons. The minimum absolute atomic E-state index is 0.0506. The fraction of sp³-hybridized carbons (Fsp3) is 0.254. The molecule has 3 aliphatic carbocycles. The number of aromatic nitrogens is 1. The summed E-state index contributed by atoms with van der Waals surface area (Å²) in [5.41, 5.74) is 27.5. The van der Waals surface area contributed by atoms with Crippen molar-refractivity contribution >= 4 is 67.7 Å². The van der Waals surface area contributed by atoms with Crippen molar-refractivity contribution in [3.8, 4) is 33.4 Å². The molecule has 2 aromatic heterocycles. The average Bonchev–Trinajstić information content (AvgIpc) is 3.96. The van der Waals surface area contributed by atoms with E-state index in [0.717, 1.165) is 17.6 Å². The first-order valence-electron chi connectivity index (χ1n) is 23.2. The van der Waals surface area contributed by atoms with E-state index in [-0.39, 0.29) is 28.5 Å². The zero-order chi connectivity index (χ0) is 42.9. The first-order valence-corrected chi connectivity index (χ1v) is 23.2. The fourth-order valence-corrected chi connectivity index (χ4v) is 13.8. The molecule has 0 atom stereocenters. The van der Waals surface area contributed by atoms with Gasteiger partial charge in [-0.3, -0.25) is 0 Å². The van der Waals surface area contributed by atoms with Crippen LogP contribution in [0.2, 0.25) is 0 Å². The van der Waals surface area contributed by atoms with Crippen LogP contribution in [0.1, 0.15) is 107 Å². The number of fused-ring (bicyclic) bond motifs is 18. The van der Waals surface area contributed by atoms with Crippen LogP contribution in [0.3, 0.4) is 0 Å². The number of hydrogen-bond donors (Lipinski definition) is 0. The van der Waals surface area contributed by atoms with Crippen LogP contribution in [0.4, 0.5) is 17.1 Å². The Kier molecular flexibility index (Phi) is 6.49. The molecule has 5 aliphatic rings. The second kappa shape index (κ2) is 11.3. The van der Waals surface area contributed by atoms with Gasteiger partial charge < -0.3 is 13.8 Å². The molecule has 0 amide bonds. The van der Waals surface area contributed by atoms with Crippen molar-refractivity contribution in [2.24, 2.45) is 0 Å². The zero-order valence-corrected chi connectivity index (χ0v) is 37.8. The lowest BCUT2D eigenvalue weighted by Crippen LogP contribution is -2.59. The van der Waals surface area contributed by atoms with Crippen LogP contribution in [0, 0.1) is 6.92 Å². The van der Waals surface area contributed by atoms with Crippen molar-refractivity contribution in [1.29, 1.82) is 0 Å². The molecule has 0 fully saturated rings. The Labute approximate surface area is 370 Å². The van der Waals surface area contributed by atoms with E-state index in [1.54, 1.807) is 0 Å². The number of benzene rings is 7. The summed E-state index contributed by atoms with van der Waals surface area (Å²) < 4.78 is 9.86. The SMILES string of the molecule is Cc1cc2c(cc1N1c3ccc4c(c3B3c5c1cc1oc6ccccc6c1c5-c1cccc5c6c(n3c15)C(C)(C)c1ccccc1-6)C(C)(C)c1ccccc1-4)C(C)(C)CCC2(C)C. The summed E-state index contributed by atoms with van der Waals surface area (Å²) in [5.74, 6) is 0. The van der Waals surface area contributed by atoms with Gasteiger partial charge in [-0.15, -0.1) is 0 Å². The van der Waals surface area contributed by atoms with Crippen molar-refractivity contribution in [1.82, 2.24) is 4.48 Å². The Balaban J connectivity index is 1.21. The van der Waals surface area contributed by atoms with Crippen LogP contribution in [0.5, 0.6) is 0 Å². The third-order valence-corrected chi connectivity index (χ3v) is 16.9. The molecule has 63 heavy (non-hydrogen) atoms. The van der Waals surface area contributed by atoms with Gasteiger partial charge in [-0.25, -0.2) is 0 Å². The summed E-state index contributed by atoms with van der Waals surface area (Å²) in [5, 5.41) is 3.74.